The van der Waals surface area contributed by atoms with E-state index in [0.717, 1.165) is 23.7 Å². The van der Waals surface area contributed by atoms with Crippen molar-refractivity contribution in [1.29, 1.82) is 0 Å². The number of hydrogen-bond donors (Lipinski definition) is 9. The molecule has 0 bridgehead atoms. The van der Waals surface area contributed by atoms with Crippen LogP contribution >= 0.6 is 58.0 Å². The number of aldehydes is 1. The first-order chi connectivity index (χ1) is 44.7. The second kappa shape index (κ2) is 32.2. The van der Waals surface area contributed by atoms with Crippen LogP contribution in [-0.2, 0) is 28.5 Å². The predicted octanol–water partition coefficient (Wildman–Crippen LogP) is 2.60. The number of nitrogens with zero attached hydrogens (tertiary/aromatic N) is 5. The zero-order chi connectivity index (χ0) is 71.0. The maximum absolute atomic E-state index is 11.8. The van der Waals surface area contributed by atoms with Gasteiger partial charge in [0.2, 0.25) is 0 Å². The van der Waals surface area contributed by atoms with E-state index in [0.29, 0.717) is 25.7 Å². The fourth-order valence-electron chi connectivity index (χ4n) is 12.4. The van der Waals surface area contributed by atoms with Crippen LogP contribution < -0.4 is 56.2 Å². The van der Waals surface area contributed by atoms with E-state index < -0.39 is 151 Å². The Bertz CT molecular complexity index is 3630. The van der Waals surface area contributed by atoms with Gasteiger partial charge in [-0.05, 0) is 38.5 Å². The van der Waals surface area contributed by atoms with Gasteiger partial charge in [0.25, 0.3) is 27.8 Å². The van der Waals surface area contributed by atoms with Gasteiger partial charge in [-0.3, -0.25) is 71.7 Å². The van der Waals surface area contributed by atoms with Crippen molar-refractivity contribution in [2.45, 2.75) is 200 Å². The molecule has 0 radical (unpaired) electrons. The molecule has 5 aliphatic heterocycles. The molecule has 17 atom stereocenters. The molecule has 30 nitrogen and oxygen atoms in total. The third kappa shape index (κ3) is 15.7. The first kappa shape index (κ1) is 78.2. The highest BCUT2D eigenvalue weighted by molar-refractivity contribution is 6.22. The van der Waals surface area contributed by atoms with Crippen molar-refractivity contribution >= 4 is 64.3 Å². The van der Waals surface area contributed by atoms with Crippen LogP contribution in [0, 0.1) is 23.7 Å². The number of halogens is 5. The molecule has 0 spiro atoms. The molecule has 95 heavy (non-hydrogen) atoms. The summed E-state index contributed by atoms with van der Waals surface area (Å²) in [4.78, 5) is 136. The first-order valence-electron chi connectivity index (χ1n) is 30.9. The molecule has 5 aromatic heterocycles. The minimum Gasteiger partial charge on any atom is -0.393 e. The number of alkyl halides is 5. The zero-order valence-corrected chi connectivity index (χ0v) is 57.6. The number of aromatic nitrogens is 10. The number of aromatic amines is 5. The van der Waals surface area contributed by atoms with E-state index in [9.17, 15) is 73.2 Å². The van der Waals surface area contributed by atoms with Crippen molar-refractivity contribution < 1.29 is 48.9 Å². The van der Waals surface area contributed by atoms with Crippen LogP contribution in [0.15, 0.2) is 109 Å². The van der Waals surface area contributed by atoms with Crippen molar-refractivity contribution in [2.24, 2.45) is 23.7 Å². The smallest absolute Gasteiger partial charge is 0.330 e. The molecular formula is C60H83Cl5N10O20. The standard InChI is InChI=1S/C13H19ClN2O3.C12H17ClN2O4.C12H15ClN2O4.C12H17ClN2O4.C11H15ClN2O5/c1-4-13(5-2)8(3)10(14)11(19-13)16-7-6-9(17)15-12(16)18;2*1-3-12(6-16)7(2)9(13)10(19-12)15-5-4-8(17)14-11(15)18;1-3-12(4-2)9(17)8(13)10(19-12)15-6-5-7(16)14-11(15)18;1-6-8(12)9(19-11(6,4-15)5-16)14-3-2-7(17)13-10(14)18/h6-8,10-11H,4-5H2,1-3H3,(H,15,17,18);4-5,7,9-10,16H,3,6H2,1-2H3,(H,14,17,18);4-7,9-10H,3H2,1-2H3,(H,14,17,18);5-6,8-10,17H,3-4H2,1-2H3,(H,14,16,18);2-3,6,8-9,15-16H,4-5H2,1H3,(H,13,17,18)/t8-,10+,11+;2*7-,9+,10+,12-;8-,9+,10-;6-,8+,9+/m00010/s1. The number of aliphatic hydroxyl groups is 4. The van der Waals surface area contributed by atoms with E-state index >= 15 is 0 Å². The molecule has 5 aliphatic rings. The normalized spacial score (nSPS) is 31.5. The first-order valence-corrected chi connectivity index (χ1v) is 33.1. The molecule has 0 amide bonds. The Balaban J connectivity index is 0.000000188. The molecule has 10 heterocycles. The van der Waals surface area contributed by atoms with Gasteiger partial charge in [-0.1, -0.05) is 69.2 Å². The fourth-order valence-corrected chi connectivity index (χ4v) is 14.4. The van der Waals surface area contributed by atoms with Crippen LogP contribution in [0.1, 0.15) is 139 Å². The molecule has 0 aliphatic carbocycles. The number of H-pyrrole nitrogens is 5. The van der Waals surface area contributed by atoms with Gasteiger partial charge in [0.15, 0.2) is 37.4 Å². The minimum absolute atomic E-state index is 0.118. The third-order valence-electron chi connectivity index (χ3n) is 19.3. The van der Waals surface area contributed by atoms with Gasteiger partial charge in [-0.2, -0.15) is 0 Å². The van der Waals surface area contributed by atoms with Crippen LogP contribution in [0.4, 0.5) is 0 Å². The lowest BCUT2D eigenvalue weighted by Crippen LogP contribution is -2.43. The monoisotopic (exact) mass is 1440 g/mol. The highest BCUT2D eigenvalue weighted by Crippen LogP contribution is 2.49. The van der Waals surface area contributed by atoms with Gasteiger partial charge >= 0.3 is 28.4 Å². The average molecular weight is 1440 g/mol. The summed E-state index contributed by atoms with van der Waals surface area (Å²) in [5, 5.41) is 35.9. The van der Waals surface area contributed by atoms with Crippen molar-refractivity contribution in [3.8, 4) is 0 Å². The summed E-state index contributed by atoms with van der Waals surface area (Å²) in [5.41, 5.74) is -9.32. The quantitative estimate of drug-likeness (QED) is 0.0537. The van der Waals surface area contributed by atoms with Gasteiger partial charge < -0.3 is 48.9 Å². The van der Waals surface area contributed by atoms with Crippen molar-refractivity contribution in [1.82, 2.24) is 47.8 Å². The van der Waals surface area contributed by atoms with Crippen LogP contribution in [0.25, 0.3) is 0 Å². The predicted molar refractivity (Wildman–Crippen MR) is 351 cm³/mol. The Kier molecular flexibility index (Phi) is 26.5. The molecule has 35 heteroatoms. The van der Waals surface area contributed by atoms with Crippen LogP contribution in [0.3, 0.4) is 0 Å². The molecule has 0 unspecified atom stereocenters. The number of hydrogen-bond acceptors (Lipinski definition) is 20. The molecule has 0 saturated carbocycles. The second-order valence-electron chi connectivity index (χ2n) is 23.9. The lowest BCUT2D eigenvalue weighted by Gasteiger charge is -2.30. The van der Waals surface area contributed by atoms with E-state index in [4.69, 9.17) is 81.7 Å². The van der Waals surface area contributed by atoms with E-state index in [-0.39, 0.29) is 41.3 Å². The van der Waals surface area contributed by atoms with Crippen LogP contribution in [0.2, 0.25) is 0 Å². The average Bonchev–Trinajstić information content (AvgIpc) is 1.66. The summed E-state index contributed by atoms with van der Waals surface area (Å²) in [5.74, 6) is -0.588. The summed E-state index contributed by atoms with van der Waals surface area (Å²) in [7, 11) is 0. The number of rotatable bonds is 15. The summed E-state index contributed by atoms with van der Waals surface area (Å²) < 4.78 is 35.2. The summed E-state index contributed by atoms with van der Waals surface area (Å²) in [6.07, 6.45) is 6.83. The highest BCUT2D eigenvalue weighted by atomic mass is 35.5. The lowest BCUT2D eigenvalue weighted by molar-refractivity contribution is -0.138. The molecule has 10 rings (SSSR count). The second-order valence-corrected chi connectivity index (χ2v) is 26.4. The van der Waals surface area contributed by atoms with E-state index in [1.165, 1.54) is 79.6 Å². The summed E-state index contributed by atoms with van der Waals surface area (Å²) in [6.45, 7) is 18.1. The SMILES string of the molecule is CCC1(CC)O[C@@H](n2ccc(=O)[nH]c2=O)[C@H](Cl)[C@@H]1C.CCC1(CC)O[C@@H](n2ccc(=O)[nH]c2=O)[C@H](Cl)[C@@H]1O.CC[C@@]1(C=O)O[C@@H](n2ccc(=O)[nH]c2=O)[C@H](Cl)[C@@H]1C.CC[C@@]1(CO)O[C@@H](n2ccc(=O)[nH]c2=O)[C@H](Cl)[C@@H]1C.C[C@H]1[C@@H](Cl)[C@H](n2ccc(=O)[nH]c2=O)OC1(CO)CO. The maximum Gasteiger partial charge on any atom is 0.330 e. The molecule has 5 fully saturated rings. The van der Waals surface area contributed by atoms with Crippen LogP contribution in [0.5, 0.6) is 0 Å². The van der Waals surface area contributed by atoms with Gasteiger partial charge in [0, 0.05) is 85.0 Å². The Morgan fingerprint density at radius 1 is 0.379 bits per heavy atom. The molecule has 5 saturated heterocycles. The highest BCUT2D eigenvalue weighted by Gasteiger charge is 2.56. The largest absolute Gasteiger partial charge is 0.393 e. The Labute approximate surface area is 567 Å². The minimum atomic E-state index is -1.20. The van der Waals surface area contributed by atoms with Crippen molar-refractivity contribution in [3.05, 3.63) is 166 Å². The summed E-state index contributed by atoms with van der Waals surface area (Å²) >= 11 is 31.5. The van der Waals surface area contributed by atoms with E-state index in [1.54, 1.807) is 6.92 Å². The molecule has 0 aromatic carbocycles. The Morgan fingerprint density at radius 3 is 0.842 bits per heavy atom. The van der Waals surface area contributed by atoms with Gasteiger partial charge in [-0.15, -0.1) is 58.0 Å². The number of aliphatic hydroxyl groups excluding tert-OH is 4. The molecular weight excluding hydrogens is 1360 g/mol. The Hall–Kier alpha value is -5.84. The molecule has 5 aromatic rings. The number of carbonyl (C=O) groups is 1. The maximum atomic E-state index is 11.8. The fraction of sp³-hybridized carbons (Fsp3) is 0.650. The van der Waals surface area contributed by atoms with Crippen molar-refractivity contribution in [2.75, 3.05) is 19.8 Å². The van der Waals surface area contributed by atoms with Gasteiger partial charge in [0.05, 0.1) is 58.1 Å². The van der Waals surface area contributed by atoms with Gasteiger partial charge in [0.1, 0.15) is 22.7 Å². The van der Waals surface area contributed by atoms with E-state index in [2.05, 4.69) is 38.8 Å². The Morgan fingerprint density at radius 2 is 0.621 bits per heavy atom. The van der Waals surface area contributed by atoms with Crippen molar-refractivity contribution in [3.63, 3.8) is 0 Å². The lowest BCUT2D eigenvalue weighted by atomic mass is 9.84. The number of carbonyl (C=O) groups excluding carboxylic acids is 1. The molecule has 9 N–H and O–H groups in total. The topological polar surface area (TPSA) is 418 Å². The van der Waals surface area contributed by atoms with Crippen LogP contribution in [-0.4, -0.2) is 155 Å². The van der Waals surface area contributed by atoms with E-state index in [1.807, 2.05) is 48.5 Å². The number of ether oxygens (including phenoxy) is 5. The third-order valence-corrected chi connectivity index (χ3v) is 22.1. The zero-order valence-electron chi connectivity index (χ0n) is 53.8. The van der Waals surface area contributed by atoms with Gasteiger partial charge in [-0.25, -0.2) is 24.0 Å². The molecule has 528 valence electrons. The summed E-state index contributed by atoms with van der Waals surface area (Å²) in [6, 6.07) is 6.16. The number of nitrogens with one attached hydrogen (secondary N) is 5.